The molecule has 0 aliphatic carbocycles. The molecule has 2 aromatic heterocycles. The van der Waals surface area contributed by atoms with E-state index >= 15 is 0 Å². The molecule has 2 rings (SSSR count). The smallest absolute Gasteiger partial charge is 0.0791 e. The van der Waals surface area contributed by atoms with Crippen LogP contribution in [0.25, 0.3) is 0 Å². The number of aryl methyl sites for hydroxylation is 1. The summed E-state index contributed by atoms with van der Waals surface area (Å²) in [6, 6.07) is 1.95. The minimum atomic E-state index is 0. The first kappa shape index (κ1) is 15.5. The molecular formula is C11H15IN2OS. The van der Waals surface area contributed by atoms with Gasteiger partial charge in [0.15, 0.2) is 0 Å². The average Bonchev–Trinajstić information content (AvgIpc) is 2.80. The van der Waals surface area contributed by atoms with E-state index in [9.17, 15) is 0 Å². The fourth-order valence-corrected chi connectivity index (χ4v) is 1.41. The van der Waals surface area contributed by atoms with Crippen LogP contribution in [-0.2, 0) is 6.42 Å². The fraction of sp³-hybridized carbons (Fsp3) is 0.273. The van der Waals surface area contributed by atoms with Crippen molar-refractivity contribution < 1.29 is 5.11 Å². The van der Waals surface area contributed by atoms with Crippen molar-refractivity contribution in [1.29, 1.82) is 0 Å². The fourth-order valence-electron chi connectivity index (χ4n) is 1.05. The number of rotatable bonds is 2. The molecule has 0 radical (unpaired) electrons. The molecule has 0 aliphatic heterocycles. The van der Waals surface area contributed by atoms with Gasteiger partial charge in [0.2, 0.25) is 0 Å². The van der Waals surface area contributed by atoms with Crippen molar-refractivity contribution in [3.8, 4) is 0 Å². The molecule has 0 spiro atoms. The first-order valence-electron chi connectivity index (χ1n) is 4.67. The molecule has 0 unspecified atom stereocenters. The molecule has 0 bridgehead atoms. The van der Waals surface area contributed by atoms with Gasteiger partial charge < -0.3 is 5.11 Å². The van der Waals surface area contributed by atoms with Gasteiger partial charge in [-0.1, -0.05) is 0 Å². The second-order valence-corrected chi connectivity index (χ2v) is 3.71. The molecule has 1 N–H and O–H groups in total. The van der Waals surface area contributed by atoms with Crippen molar-refractivity contribution >= 4 is 35.3 Å². The number of aromatic nitrogens is 2. The molecule has 0 aromatic carbocycles. The van der Waals surface area contributed by atoms with E-state index < -0.39 is 0 Å². The van der Waals surface area contributed by atoms with Crippen molar-refractivity contribution in [2.75, 3.05) is 6.61 Å². The largest absolute Gasteiger partial charge is 0.396 e. The number of aliphatic hydroxyl groups excluding tert-OH is 1. The molecule has 0 saturated heterocycles. The third-order valence-corrected chi connectivity index (χ3v) is 2.40. The lowest BCUT2D eigenvalue weighted by atomic mass is 10.1. The van der Waals surface area contributed by atoms with E-state index in [2.05, 4.69) is 9.97 Å². The Morgan fingerprint density at radius 3 is 2.56 bits per heavy atom. The number of nitrogens with zero attached hydrogens (tertiary/aromatic N) is 2. The van der Waals surface area contributed by atoms with Crippen molar-refractivity contribution in [1.82, 2.24) is 9.97 Å². The summed E-state index contributed by atoms with van der Waals surface area (Å²) < 4.78 is 0. The van der Waals surface area contributed by atoms with Gasteiger partial charge in [-0.2, -0.15) is 0 Å². The predicted molar refractivity (Wildman–Crippen MR) is 77.3 cm³/mol. The van der Waals surface area contributed by atoms with E-state index in [0.29, 0.717) is 6.42 Å². The molecule has 5 heteroatoms. The van der Waals surface area contributed by atoms with E-state index in [-0.39, 0.29) is 30.6 Å². The SMILES string of the molecule is Cc1ccncc1CCO.I.c1cscn1. The Morgan fingerprint density at radius 1 is 1.31 bits per heavy atom. The molecule has 0 aliphatic rings. The first-order valence-corrected chi connectivity index (χ1v) is 5.61. The highest BCUT2D eigenvalue weighted by Gasteiger charge is 1.94. The Hall–Kier alpha value is -0.530. The maximum Gasteiger partial charge on any atom is 0.0791 e. The van der Waals surface area contributed by atoms with Gasteiger partial charge in [-0.05, 0) is 30.5 Å². The van der Waals surface area contributed by atoms with Crippen LogP contribution in [0.5, 0.6) is 0 Å². The zero-order valence-electron chi connectivity index (χ0n) is 9.04. The lowest BCUT2D eigenvalue weighted by Gasteiger charge is -1.99. The minimum Gasteiger partial charge on any atom is -0.396 e. The highest BCUT2D eigenvalue weighted by molar-refractivity contribution is 14.0. The number of hydrogen-bond acceptors (Lipinski definition) is 4. The molecule has 2 heterocycles. The summed E-state index contributed by atoms with van der Waals surface area (Å²) in [7, 11) is 0. The van der Waals surface area contributed by atoms with Gasteiger partial charge in [-0.25, -0.2) is 0 Å². The summed E-state index contributed by atoms with van der Waals surface area (Å²) in [6.45, 7) is 2.22. The van der Waals surface area contributed by atoms with E-state index in [4.69, 9.17) is 5.11 Å². The first-order chi connectivity index (χ1) is 7.34. The molecule has 0 saturated carbocycles. The summed E-state index contributed by atoms with van der Waals surface area (Å²) in [4.78, 5) is 7.69. The van der Waals surface area contributed by atoms with Crippen LogP contribution in [-0.4, -0.2) is 21.7 Å². The lowest BCUT2D eigenvalue weighted by Crippen LogP contribution is -1.93. The third kappa shape index (κ3) is 6.14. The Morgan fingerprint density at radius 2 is 2.12 bits per heavy atom. The number of aliphatic hydroxyl groups is 1. The Labute approximate surface area is 117 Å². The van der Waals surface area contributed by atoms with E-state index in [1.165, 1.54) is 5.56 Å². The average molecular weight is 350 g/mol. The van der Waals surface area contributed by atoms with Crippen LogP contribution in [0, 0.1) is 6.92 Å². The summed E-state index contributed by atoms with van der Waals surface area (Å²) in [6.07, 6.45) is 6.03. The number of hydrogen-bond donors (Lipinski definition) is 1. The molecule has 16 heavy (non-hydrogen) atoms. The number of thiazole rings is 1. The van der Waals surface area contributed by atoms with Crippen LogP contribution in [0.4, 0.5) is 0 Å². The van der Waals surface area contributed by atoms with Crippen LogP contribution in [0.2, 0.25) is 0 Å². The summed E-state index contributed by atoms with van der Waals surface area (Å²) >= 11 is 1.60. The van der Waals surface area contributed by atoms with Crippen molar-refractivity contribution in [3.05, 3.63) is 46.7 Å². The van der Waals surface area contributed by atoms with Gasteiger partial charge in [0.05, 0.1) is 5.51 Å². The van der Waals surface area contributed by atoms with Crippen LogP contribution < -0.4 is 0 Å². The van der Waals surface area contributed by atoms with Crippen molar-refractivity contribution in [3.63, 3.8) is 0 Å². The minimum absolute atomic E-state index is 0. The normalized spacial score (nSPS) is 8.62. The van der Waals surface area contributed by atoms with E-state index in [1.807, 2.05) is 18.4 Å². The van der Waals surface area contributed by atoms with E-state index in [0.717, 1.165) is 5.56 Å². The standard InChI is InChI=1S/C8H11NO.C3H3NS.HI/c1-7-2-4-9-6-8(7)3-5-10;1-2-5-3-4-1;/h2,4,6,10H,3,5H2,1H3;1-3H;1H. The molecule has 3 nitrogen and oxygen atoms in total. The lowest BCUT2D eigenvalue weighted by molar-refractivity contribution is 0.299. The zero-order chi connectivity index (χ0) is 10.9. The van der Waals surface area contributed by atoms with Gasteiger partial charge in [-0.15, -0.1) is 35.3 Å². The van der Waals surface area contributed by atoms with Gasteiger partial charge in [0.25, 0.3) is 0 Å². The topological polar surface area (TPSA) is 46.0 Å². The Bertz CT molecular complexity index is 351. The number of halogens is 1. The van der Waals surface area contributed by atoms with Crippen LogP contribution >= 0.6 is 35.3 Å². The zero-order valence-corrected chi connectivity index (χ0v) is 12.2. The highest BCUT2D eigenvalue weighted by atomic mass is 127. The molecular weight excluding hydrogens is 335 g/mol. The van der Waals surface area contributed by atoms with Gasteiger partial charge >= 0.3 is 0 Å². The number of pyridine rings is 1. The monoisotopic (exact) mass is 350 g/mol. The van der Waals surface area contributed by atoms with Crippen LogP contribution in [0.3, 0.4) is 0 Å². The highest BCUT2D eigenvalue weighted by Crippen LogP contribution is 2.04. The second kappa shape index (κ2) is 9.68. The second-order valence-electron chi connectivity index (χ2n) is 2.95. The predicted octanol–water partition coefficient (Wildman–Crippen LogP) is 2.69. The Balaban J connectivity index is 0.000000318. The van der Waals surface area contributed by atoms with Gasteiger partial charge in [0.1, 0.15) is 0 Å². The maximum atomic E-state index is 8.62. The summed E-state index contributed by atoms with van der Waals surface area (Å²) in [5, 5.41) is 10.5. The summed E-state index contributed by atoms with van der Waals surface area (Å²) in [5.74, 6) is 0. The molecule has 88 valence electrons. The Kier molecular flexibility index (Phi) is 9.36. The molecule has 0 amide bonds. The van der Waals surface area contributed by atoms with Crippen LogP contribution in [0.15, 0.2) is 35.5 Å². The van der Waals surface area contributed by atoms with Crippen LogP contribution in [0.1, 0.15) is 11.1 Å². The summed E-state index contributed by atoms with van der Waals surface area (Å²) in [5.41, 5.74) is 4.12. The van der Waals surface area contributed by atoms with Gasteiger partial charge in [-0.3, -0.25) is 9.97 Å². The maximum absolute atomic E-state index is 8.62. The van der Waals surface area contributed by atoms with Gasteiger partial charge in [0, 0.05) is 30.6 Å². The molecule has 0 atom stereocenters. The van der Waals surface area contributed by atoms with Crippen molar-refractivity contribution in [2.24, 2.45) is 0 Å². The quantitative estimate of drug-likeness (QED) is 0.848. The van der Waals surface area contributed by atoms with E-state index in [1.54, 1.807) is 35.4 Å². The van der Waals surface area contributed by atoms with Crippen molar-refractivity contribution in [2.45, 2.75) is 13.3 Å². The molecule has 2 aromatic rings. The third-order valence-electron chi connectivity index (χ3n) is 1.88. The molecule has 0 fully saturated rings.